The fraction of sp³-hybridized carbons (Fsp3) is 0. The Labute approximate surface area is 121 Å². The Kier molecular flexibility index (Phi) is 3.89. The lowest BCUT2D eigenvalue weighted by Gasteiger charge is -2.11. The van der Waals surface area contributed by atoms with Crippen molar-refractivity contribution in [3.05, 3.63) is 52.5 Å². The molecule has 0 bridgehead atoms. The molecule has 19 heavy (non-hydrogen) atoms. The smallest absolute Gasteiger partial charge is 0.261 e. The van der Waals surface area contributed by atoms with Crippen LogP contribution in [0.25, 0.3) is 0 Å². The highest BCUT2D eigenvalue weighted by Crippen LogP contribution is 2.31. The number of hydrogen-bond donors (Lipinski definition) is 2. The minimum Gasteiger partial charge on any atom is -0.399 e. The summed E-state index contributed by atoms with van der Waals surface area (Å²) in [7, 11) is -3.75. The molecular weight excluding hydrogens is 307 g/mol. The number of nitrogens with one attached hydrogen (secondary N) is 1. The van der Waals surface area contributed by atoms with Gasteiger partial charge >= 0.3 is 0 Å². The summed E-state index contributed by atoms with van der Waals surface area (Å²) >= 11 is 11.8. The number of rotatable bonds is 3. The number of halogens is 2. The van der Waals surface area contributed by atoms with Crippen molar-refractivity contribution in [2.24, 2.45) is 0 Å². The molecule has 4 nitrogen and oxygen atoms in total. The number of nitrogen functional groups attached to an aromatic ring is 1. The van der Waals surface area contributed by atoms with E-state index >= 15 is 0 Å². The van der Waals surface area contributed by atoms with Crippen molar-refractivity contribution < 1.29 is 8.42 Å². The monoisotopic (exact) mass is 316 g/mol. The van der Waals surface area contributed by atoms with Gasteiger partial charge in [-0.2, -0.15) is 0 Å². The Hall–Kier alpha value is -1.43. The Bertz CT molecular complexity index is 680. The van der Waals surface area contributed by atoms with Crippen molar-refractivity contribution in [3.63, 3.8) is 0 Å². The summed E-state index contributed by atoms with van der Waals surface area (Å²) in [4.78, 5) is 0.0812. The van der Waals surface area contributed by atoms with Crippen LogP contribution in [0.5, 0.6) is 0 Å². The molecule has 0 radical (unpaired) electrons. The summed E-state index contributed by atoms with van der Waals surface area (Å²) in [5.41, 5.74) is 6.15. The molecule has 3 N–H and O–H groups in total. The number of sulfonamides is 1. The molecule has 0 aromatic heterocycles. The van der Waals surface area contributed by atoms with Gasteiger partial charge < -0.3 is 5.73 Å². The third kappa shape index (κ3) is 3.12. The average molecular weight is 317 g/mol. The van der Waals surface area contributed by atoms with Gasteiger partial charge in [0, 0.05) is 5.69 Å². The molecule has 0 aliphatic heterocycles. The summed E-state index contributed by atoms with van der Waals surface area (Å²) < 4.78 is 26.7. The van der Waals surface area contributed by atoms with Crippen LogP contribution in [0.2, 0.25) is 10.0 Å². The number of anilines is 2. The third-order valence-corrected chi connectivity index (χ3v) is 4.39. The molecule has 0 unspecified atom stereocenters. The second-order valence-corrected chi connectivity index (χ2v) is 6.27. The standard InChI is InChI=1S/C12H10Cl2N2O2S/c13-10-2-1-3-11(14)12(10)16-19(17,18)9-6-4-8(15)5-7-9/h1-7,16H,15H2. The highest BCUT2D eigenvalue weighted by Gasteiger charge is 2.17. The molecule has 100 valence electrons. The molecule has 0 aliphatic rings. The van der Waals surface area contributed by atoms with Crippen molar-refractivity contribution in [1.29, 1.82) is 0 Å². The van der Waals surface area contributed by atoms with E-state index in [0.717, 1.165) is 0 Å². The van der Waals surface area contributed by atoms with Gasteiger partial charge in [-0.25, -0.2) is 8.42 Å². The van der Waals surface area contributed by atoms with Crippen molar-refractivity contribution in [2.45, 2.75) is 4.90 Å². The van der Waals surface area contributed by atoms with Crippen LogP contribution in [0.4, 0.5) is 11.4 Å². The fourth-order valence-electron chi connectivity index (χ4n) is 1.44. The molecule has 2 rings (SSSR count). The summed E-state index contributed by atoms with van der Waals surface area (Å²) in [6.07, 6.45) is 0. The number of benzene rings is 2. The second-order valence-electron chi connectivity index (χ2n) is 3.77. The molecule has 0 atom stereocenters. The lowest BCUT2D eigenvalue weighted by Crippen LogP contribution is -2.13. The zero-order chi connectivity index (χ0) is 14.0. The third-order valence-electron chi connectivity index (χ3n) is 2.39. The SMILES string of the molecule is Nc1ccc(S(=O)(=O)Nc2c(Cl)cccc2Cl)cc1. The zero-order valence-corrected chi connectivity index (χ0v) is 11.9. The van der Waals surface area contributed by atoms with E-state index in [-0.39, 0.29) is 20.6 Å². The van der Waals surface area contributed by atoms with E-state index < -0.39 is 10.0 Å². The van der Waals surface area contributed by atoms with Gasteiger partial charge in [0.25, 0.3) is 10.0 Å². The van der Waals surface area contributed by atoms with Crippen LogP contribution < -0.4 is 10.5 Å². The lowest BCUT2D eigenvalue weighted by atomic mass is 10.3. The Morgan fingerprint density at radius 2 is 1.47 bits per heavy atom. The first kappa shape index (κ1) is 14.0. The molecule has 0 heterocycles. The first-order chi connectivity index (χ1) is 8.90. The molecule has 0 amide bonds. The topological polar surface area (TPSA) is 72.2 Å². The largest absolute Gasteiger partial charge is 0.399 e. The van der Waals surface area contributed by atoms with Crippen molar-refractivity contribution >= 4 is 44.6 Å². The minimum atomic E-state index is -3.75. The van der Waals surface area contributed by atoms with E-state index in [1.165, 1.54) is 24.3 Å². The Morgan fingerprint density at radius 1 is 0.947 bits per heavy atom. The van der Waals surface area contributed by atoms with Crippen LogP contribution in [0.15, 0.2) is 47.4 Å². The molecule has 0 saturated carbocycles. The summed E-state index contributed by atoms with van der Waals surface area (Å²) in [5.74, 6) is 0. The van der Waals surface area contributed by atoms with Crippen LogP contribution in [-0.2, 0) is 10.0 Å². The van der Waals surface area contributed by atoms with Crippen LogP contribution in [0, 0.1) is 0 Å². The fourth-order valence-corrected chi connectivity index (χ4v) is 3.14. The first-order valence-electron chi connectivity index (χ1n) is 5.22. The van der Waals surface area contributed by atoms with Crippen molar-refractivity contribution in [3.8, 4) is 0 Å². The molecule has 0 spiro atoms. The molecule has 2 aromatic carbocycles. The molecule has 0 saturated heterocycles. The maximum atomic E-state index is 12.1. The van der Waals surface area contributed by atoms with E-state index in [9.17, 15) is 8.42 Å². The highest BCUT2D eigenvalue weighted by molar-refractivity contribution is 7.92. The maximum absolute atomic E-state index is 12.1. The maximum Gasteiger partial charge on any atom is 0.261 e. The molecule has 7 heteroatoms. The first-order valence-corrected chi connectivity index (χ1v) is 7.46. The number of hydrogen-bond acceptors (Lipinski definition) is 3. The van der Waals surface area contributed by atoms with Crippen LogP contribution in [0.1, 0.15) is 0 Å². The second kappa shape index (κ2) is 5.28. The van der Waals surface area contributed by atoms with E-state index in [4.69, 9.17) is 28.9 Å². The zero-order valence-electron chi connectivity index (χ0n) is 9.60. The van der Waals surface area contributed by atoms with Gasteiger partial charge in [0.05, 0.1) is 20.6 Å². The number of nitrogens with two attached hydrogens (primary N) is 1. The van der Waals surface area contributed by atoms with Crippen molar-refractivity contribution in [1.82, 2.24) is 0 Å². The average Bonchev–Trinajstić information content (AvgIpc) is 2.35. The quantitative estimate of drug-likeness (QED) is 0.853. The Morgan fingerprint density at radius 3 is 2.00 bits per heavy atom. The number of para-hydroxylation sites is 1. The van der Waals surface area contributed by atoms with Gasteiger partial charge in [-0.15, -0.1) is 0 Å². The van der Waals surface area contributed by atoms with Gasteiger partial charge in [0.1, 0.15) is 0 Å². The predicted molar refractivity (Wildman–Crippen MR) is 78.1 cm³/mol. The predicted octanol–water partition coefficient (Wildman–Crippen LogP) is 3.38. The summed E-state index contributed by atoms with van der Waals surface area (Å²) in [6.45, 7) is 0. The van der Waals surface area contributed by atoms with Crippen LogP contribution >= 0.6 is 23.2 Å². The van der Waals surface area contributed by atoms with Gasteiger partial charge in [-0.3, -0.25) is 4.72 Å². The van der Waals surface area contributed by atoms with E-state index in [0.29, 0.717) is 5.69 Å². The molecule has 0 fully saturated rings. The highest BCUT2D eigenvalue weighted by atomic mass is 35.5. The molecular formula is C12H10Cl2N2O2S. The normalized spacial score (nSPS) is 11.3. The lowest BCUT2D eigenvalue weighted by molar-refractivity contribution is 0.601. The van der Waals surface area contributed by atoms with E-state index in [1.807, 2.05) is 0 Å². The van der Waals surface area contributed by atoms with Gasteiger partial charge in [-0.05, 0) is 36.4 Å². The summed E-state index contributed by atoms with van der Waals surface area (Å²) in [6, 6.07) is 10.5. The van der Waals surface area contributed by atoms with Gasteiger partial charge in [-0.1, -0.05) is 29.3 Å². The minimum absolute atomic E-state index is 0.0812. The van der Waals surface area contributed by atoms with Gasteiger partial charge in [0.2, 0.25) is 0 Å². The van der Waals surface area contributed by atoms with Crippen LogP contribution in [0.3, 0.4) is 0 Å². The van der Waals surface area contributed by atoms with Gasteiger partial charge in [0.15, 0.2) is 0 Å². The van der Waals surface area contributed by atoms with E-state index in [2.05, 4.69) is 4.72 Å². The van der Waals surface area contributed by atoms with Crippen LogP contribution in [-0.4, -0.2) is 8.42 Å². The van der Waals surface area contributed by atoms with Crippen molar-refractivity contribution in [2.75, 3.05) is 10.5 Å². The van der Waals surface area contributed by atoms with E-state index in [1.54, 1.807) is 18.2 Å². The molecule has 2 aromatic rings. The Balaban J connectivity index is 2.39. The molecule has 0 aliphatic carbocycles. The summed E-state index contributed by atoms with van der Waals surface area (Å²) in [5, 5.41) is 0.457.